The summed E-state index contributed by atoms with van der Waals surface area (Å²) in [5.74, 6) is 0.954. The predicted molar refractivity (Wildman–Crippen MR) is 211 cm³/mol. The van der Waals surface area contributed by atoms with Gasteiger partial charge in [-0.3, -0.25) is 14.5 Å². The number of carbonyl (C=O) groups is 2. The zero-order chi connectivity index (χ0) is 38.3. The number of benzene rings is 4. The van der Waals surface area contributed by atoms with E-state index in [2.05, 4.69) is 20.5 Å². The number of rotatable bonds is 15. The van der Waals surface area contributed by atoms with Gasteiger partial charge in [0.1, 0.15) is 18.1 Å². The van der Waals surface area contributed by atoms with E-state index in [1.54, 1.807) is 30.3 Å². The first-order valence-corrected chi connectivity index (χ1v) is 18.9. The molecule has 0 radical (unpaired) electrons. The van der Waals surface area contributed by atoms with Crippen LogP contribution in [0.4, 0.5) is 10.5 Å². The fraction of sp³-hybridized carbons (Fsp3) is 0.326. The highest BCUT2D eigenvalue weighted by molar-refractivity contribution is 5.94. The van der Waals surface area contributed by atoms with Crippen LogP contribution in [-0.2, 0) is 6.61 Å². The Morgan fingerprint density at radius 1 is 0.927 bits per heavy atom. The van der Waals surface area contributed by atoms with Gasteiger partial charge in [0, 0.05) is 42.7 Å². The number of carbonyl (C=O) groups excluding carboxylic acids is 1. The molecule has 0 aliphatic carbocycles. The predicted octanol–water partition coefficient (Wildman–Crippen LogP) is 5.82. The molecule has 3 atom stereocenters. The maximum Gasteiger partial charge on any atom is 0.412 e. The quantitative estimate of drug-likeness (QED) is 0.0724. The van der Waals surface area contributed by atoms with Crippen molar-refractivity contribution < 1.29 is 29.6 Å². The van der Waals surface area contributed by atoms with Crippen LogP contribution in [-0.4, -0.2) is 76.5 Å². The molecule has 5 aromatic rings. The second-order valence-corrected chi connectivity index (χ2v) is 14.4. The highest BCUT2D eigenvalue weighted by atomic mass is 16.5. The smallest absolute Gasteiger partial charge is 0.412 e. The molecule has 3 saturated heterocycles. The van der Waals surface area contributed by atoms with Gasteiger partial charge in [-0.2, -0.15) is 0 Å². The summed E-state index contributed by atoms with van der Waals surface area (Å²) in [6, 6.07) is 30.1. The Hall–Kier alpha value is -5.69. The van der Waals surface area contributed by atoms with E-state index in [4.69, 9.17) is 4.74 Å². The normalized spacial score (nSPS) is 18.7. The highest BCUT2D eigenvalue weighted by Gasteiger charge is 2.43. The summed E-state index contributed by atoms with van der Waals surface area (Å²) in [7, 11) is 0. The highest BCUT2D eigenvalue weighted by Crippen LogP contribution is 2.44. The molecule has 286 valence electrons. The molecule has 3 aliphatic heterocycles. The Bertz CT molecular complexity index is 2150. The summed E-state index contributed by atoms with van der Waals surface area (Å²) in [4.78, 5) is 44.0. The number of anilines is 1. The monoisotopic (exact) mass is 745 g/mol. The molecule has 6 N–H and O–H groups in total. The number of aliphatic hydroxyl groups is 1. The molecule has 0 saturated carbocycles. The van der Waals surface area contributed by atoms with E-state index in [1.165, 1.54) is 17.0 Å². The Morgan fingerprint density at radius 2 is 1.71 bits per heavy atom. The van der Waals surface area contributed by atoms with Gasteiger partial charge in [-0.25, -0.2) is 4.79 Å². The van der Waals surface area contributed by atoms with Crippen LogP contribution in [0.3, 0.4) is 0 Å². The number of aromatic amines is 1. The Morgan fingerprint density at radius 3 is 2.44 bits per heavy atom. The molecule has 1 unspecified atom stereocenters. The molecule has 3 fully saturated rings. The number of piperidine rings is 3. The topological polar surface area (TPSA) is 167 Å². The first-order valence-electron chi connectivity index (χ1n) is 18.9. The van der Waals surface area contributed by atoms with Gasteiger partial charge in [0.2, 0.25) is 5.56 Å². The van der Waals surface area contributed by atoms with Gasteiger partial charge in [-0.05, 0) is 104 Å². The van der Waals surface area contributed by atoms with E-state index in [1.807, 2.05) is 60.7 Å². The van der Waals surface area contributed by atoms with E-state index < -0.39 is 12.2 Å². The molecular weight excluding hydrogens is 699 g/mol. The number of nitrogens with one attached hydrogen (secondary N) is 3. The lowest BCUT2D eigenvalue weighted by Gasteiger charge is -2.49. The third kappa shape index (κ3) is 8.83. The molecule has 8 rings (SSSR count). The fourth-order valence-electron chi connectivity index (χ4n) is 8.05. The van der Waals surface area contributed by atoms with Gasteiger partial charge in [0.05, 0.1) is 23.3 Å². The zero-order valence-electron chi connectivity index (χ0n) is 30.6. The minimum absolute atomic E-state index is 0.0607. The van der Waals surface area contributed by atoms with Gasteiger partial charge in [0.15, 0.2) is 0 Å². The number of hydrogen-bond donors (Lipinski definition) is 6. The largest absolute Gasteiger partial charge is 0.506 e. The van der Waals surface area contributed by atoms with E-state index in [0.717, 1.165) is 43.6 Å². The number of carboxylic acid groups (broad SMARTS) is 1. The van der Waals surface area contributed by atoms with Crippen LogP contribution in [0.25, 0.3) is 10.9 Å². The van der Waals surface area contributed by atoms with Crippen molar-refractivity contribution in [2.45, 2.75) is 38.0 Å². The van der Waals surface area contributed by atoms with Crippen molar-refractivity contribution in [2.24, 2.45) is 11.8 Å². The number of H-pyrrole nitrogens is 1. The number of aromatic hydroxyl groups is 1. The number of pyridine rings is 1. The number of hydrogen-bond acceptors (Lipinski definition) is 8. The van der Waals surface area contributed by atoms with Crippen LogP contribution in [0.15, 0.2) is 108 Å². The molecule has 12 nitrogen and oxygen atoms in total. The van der Waals surface area contributed by atoms with Crippen LogP contribution < -0.4 is 25.8 Å². The van der Waals surface area contributed by atoms with Crippen LogP contribution in [0, 0.1) is 11.8 Å². The molecule has 2 amide bonds. The SMILES string of the molecule is O=C(NCCCNC[C@H](O)c1ccc(O)c2[nH]c(=O)ccc12)c1ccc(COc2cccc(N(C(=O)O)[C@@H](c3ccccc3)C3CN4CCC3CC4)c2)cc1. The third-order valence-electron chi connectivity index (χ3n) is 10.9. The average molecular weight is 746 g/mol. The first-order chi connectivity index (χ1) is 26.7. The van der Waals surface area contributed by atoms with Crippen molar-refractivity contribution >= 4 is 28.6 Å². The molecule has 4 heterocycles. The molecule has 2 bridgehead atoms. The molecule has 12 heteroatoms. The molecule has 0 spiro atoms. The van der Waals surface area contributed by atoms with Gasteiger partial charge >= 0.3 is 6.09 Å². The number of aromatic nitrogens is 1. The molecule has 3 aliphatic rings. The summed E-state index contributed by atoms with van der Waals surface area (Å²) in [5.41, 5.74) is 3.48. The van der Waals surface area contributed by atoms with Crippen LogP contribution >= 0.6 is 0 Å². The van der Waals surface area contributed by atoms with Crippen molar-refractivity contribution in [3.8, 4) is 11.5 Å². The molecular formula is C43H47N5O7. The average Bonchev–Trinajstić information content (AvgIpc) is 3.21. The van der Waals surface area contributed by atoms with Gasteiger partial charge in [-0.1, -0.05) is 54.6 Å². The third-order valence-corrected chi connectivity index (χ3v) is 10.9. The minimum atomic E-state index is -0.994. The van der Waals surface area contributed by atoms with E-state index in [0.29, 0.717) is 53.4 Å². The standard InChI is InChI=1S/C43H47N5O7/c49-37-16-14-34(35-15-17-39(51)46-40(35)37)38(50)25-44-20-5-21-45-42(52)31-12-10-28(11-13-31)27-55-33-9-4-8-32(24-33)48(43(53)54)41(30-6-2-1-3-7-30)36-26-47-22-18-29(36)19-23-47/h1-4,6-17,24,29,36,38,41,44,49-50H,5,18-23,25-27H2,(H,45,52)(H,46,51)(H,53,54)/t36?,38-,41-/m0/s1. The number of amides is 2. The zero-order valence-corrected chi connectivity index (χ0v) is 30.6. The Labute approximate surface area is 319 Å². The summed E-state index contributed by atoms with van der Waals surface area (Å²) in [5, 5.41) is 38.1. The lowest BCUT2D eigenvalue weighted by atomic mass is 9.73. The summed E-state index contributed by atoms with van der Waals surface area (Å²) in [6.07, 6.45) is 0.955. The molecule has 1 aromatic heterocycles. The minimum Gasteiger partial charge on any atom is -0.506 e. The molecule has 4 aromatic carbocycles. The fourth-order valence-corrected chi connectivity index (χ4v) is 8.05. The van der Waals surface area contributed by atoms with Gasteiger partial charge in [-0.15, -0.1) is 0 Å². The lowest BCUT2D eigenvalue weighted by molar-refractivity contribution is 0.0358. The Balaban J connectivity index is 0.898. The number of phenolic OH excluding ortho intramolecular Hbond substituents is 1. The number of phenols is 1. The maximum atomic E-state index is 13.0. The molecule has 55 heavy (non-hydrogen) atoms. The lowest BCUT2D eigenvalue weighted by Crippen LogP contribution is -2.53. The number of aliphatic hydroxyl groups excluding tert-OH is 1. The van der Waals surface area contributed by atoms with Crippen LogP contribution in [0.1, 0.15) is 58.5 Å². The second-order valence-electron chi connectivity index (χ2n) is 14.4. The van der Waals surface area contributed by atoms with Crippen molar-refractivity contribution in [2.75, 3.05) is 44.2 Å². The van der Waals surface area contributed by atoms with Crippen LogP contribution in [0.2, 0.25) is 0 Å². The number of nitrogens with zero attached hydrogens (tertiary/aromatic N) is 2. The van der Waals surface area contributed by atoms with Crippen molar-refractivity contribution in [3.63, 3.8) is 0 Å². The van der Waals surface area contributed by atoms with Crippen molar-refractivity contribution in [1.82, 2.24) is 20.5 Å². The summed E-state index contributed by atoms with van der Waals surface area (Å²) < 4.78 is 6.14. The van der Waals surface area contributed by atoms with E-state index >= 15 is 0 Å². The van der Waals surface area contributed by atoms with Gasteiger partial charge < -0.3 is 40.6 Å². The summed E-state index contributed by atoms with van der Waals surface area (Å²) in [6.45, 7) is 4.52. The number of ether oxygens (including phenoxy) is 1. The van der Waals surface area contributed by atoms with Crippen molar-refractivity contribution in [1.29, 1.82) is 0 Å². The van der Waals surface area contributed by atoms with E-state index in [-0.39, 0.29) is 47.8 Å². The van der Waals surface area contributed by atoms with Gasteiger partial charge in [0.25, 0.3) is 5.91 Å². The number of fused-ring (bicyclic) bond motifs is 4. The first kappa shape index (κ1) is 37.6. The second kappa shape index (κ2) is 17.2. The maximum absolute atomic E-state index is 13.0. The Kier molecular flexibility index (Phi) is 11.8. The van der Waals surface area contributed by atoms with E-state index in [9.17, 15) is 29.7 Å². The summed E-state index contributed by atoms with van der Waals surface area (Å²) >= 11 is 0. The van der Waals surface area contributed by atoms with Crippen LogP contribution in [0.5, 0.6) is 11.5 Å². The van der Waals surface area contributed by atoms with Crippen molar-refractivity contribution in [3.05, 3.63) is 136 Å².